The molecule has 1 N–H and O–H groups in total. The smallest absolute Gasteiger partial charge is 0.244 e. The van der Waals surface area contributed by atoms with E-state index in [-0.39, 0.29) is 5.91 Å². The SMILES string of the molecule is COc1ccc(/C=C/C(=O)NCc2nc(C)cs2)cc1. The number of nitrogens with one attached hydrogen (secondary N) is 1. The van der Waals surface area contributed by atoms with Crippen LogP contribution in [0.4, 0.5) is 0 Å². The second-order valence-corrected chi connectivity index (χ2v) is 5.15. The predicted molar refractivity (Wildman–Crippen MR) is 80.7 cm³/mol. The highest BCUT2D eigenvalue weighted by Crippen LogP contribution is 2.12. The first-order chi connectivity index (χ1) is 9.67. The highest BCUT2D eigenvalue weighted by Gasteiger charge is 2.00. The van der Waals surface area contributed by atoms with Crippen molar-refractivity contribution < 1.29 is 9.53 Å². The lowest BCUT2D eigenvalue weighted by Gasteiger charge is -2.00. The Labute approximate surface area is 122 Å². The molecule has 0 saturated carbocycles. The number of carbonyl (C=O) groups is 1. The van der Waals surface area contributed by atoms with Gasteiger partial charge in [-0.15, -0.1) is 11.3 Å². The molecule has 0 unspecified atom stereocenters. The van der Waals surface area contributed by atoms with Crippen LogP contribution in [-0.2, 0) is 11.3 Å². The molecule has 0 bridgehead atoms. The largest absolute Gasteiger partial charge is 0.497 e. The topological polar surface area (TPSA) is 51.2 Å². The molecular formula is C15H16N2O2S. The number of aryl methyl sites for hydroxylation is 1. The zero-order valence-corrected chi connectivity index (χ0v) is 12.2. The summed E-state index contributed by atoms with van der Waals surface area (Å²) < 4.78 is 5.08. The maximum absolute atomic E-state index is 11.7. The molecule has 20 heavy (non-hydrogen) atoms. The third kappa shape index (κ3) is 4.20. The summed E-state index contributed by atoms with van der Waals surface area (Å²) in [5, 5.41) is 5.68. The van der Waals surface area contributed by atoms with Crippen molar-refractivity contribution in [2.45, 2.75) is 13.5 Å². The Morgan fingerprint density at radius 2 is 2.15 bits per heavy atom. The van der Waals surface area contributed by atoms with Gasteiger partial charge in [0.25, 0.3) is 0 Å². The molecule has 0 aliphatic carbocycles. The van der Waals surface area contributed by atoms with Gasteiger partial charge in [0, 0.05) is 17.2 Å². The molecule has 5 heteroatoms. The van der Waals surface area contributed by atoms with Gasteiger partial charge in [0.05, 0.1) is 13.7 Å². The van der Waals surface area contributed by atoms with E-state index in [2.05, 4.69) is 10.3 Å². The molecule has 0 radical (unpaired) electrons. The van der Waals surface area contributed by atoms with E-state index in [1.54, 1.807) is 24.5 Å². The minimum atomic E-state index is -0.131. The first kappa shape index (κ1) is 14.3. The molecule has 1 amide bonds. The van der Waals surface area contributed by atoms with Gasteiger partial charge in [-0.05, 0) is 30.7 Å². The fourth-order valence-corrected chi connectivity index (χ4v) is 2.30. The highest BCUT2D eigenvalue weighted by molar-refractivity contribution is 7.09. The Morgan fingerprint density at radius 3 is 2.75 bits per heavy atom. The Hall–Kier alpha value is -2.14. The molecule has 1 aromatic carbocycles. The maximum Gasteiger partial charge on any atom is 0.244 e. The van der Waals surface area contributed by atoms with Gasteiger partial charge in [-0.2, -0.15) is 0 Å². The molecule has 0 spiro atoms. The van der Waals surface area contributed by atoms with Crippen LogP contribution in [0.15, 0.2) is 35.7 Å². The Morgan fingerprint density at radius 1 is 1.40 bits per heavy atom. The molecule has 4 nitrogen and oxygen atoms in total. The van der Waals surface area contributed by atoms with Gasteiger partial charge in [-0.25, -0.2) is 4.98 Å². The predicted octanol–water partition coefficient (Wildman–Crippen LogP) is 2.79. The molecule has 1 heterocycles. The fourth-order valence-electron chi connectivity index (χ4n) is 1.59. The van der Waals surface area contributed by atoms with Crippen LogP contribution in [0.5, 0.6) is 5.75 Å². The third-order valence-electron chi connectivity index (χ3n) is 2.62. The van der Waals surface area contributed by atoms with Crippen LogP contribution >= 0.6 is 11.3 Å². The Kier molecular flexibility index (Phi) is 4.90. The first-order valence-electron chi connectivity index (χ1n) is 6.18. The van der Waals surface area contributed by atoms with Gasteiger partial charge >= 0.3 is 0 Å². The summed E-state index contributed by atoms with van der Waals surface area (Å²) in [6, 6.07) is 7.51. The second-order valence-electron chi connectivity index (χ2n) is 4.21. The van der Waals surface area contributed by atoms with Crippen molar-refractivity contribution in [3.8, 4) is 5.75 Å². The summed E-state index contributed by atoms with van der Waals surface area (Å²) in [5.41, 5.74) is 1.93. The molecule has 2 rings (SSSR count). The summed E-state index contributed by atoms with van der Waals surface area (Å²) in [4.78, 5) is 16.0. The maximum atomic E-state index is 11.7. The number of amides is 1. The molecule has 0 fully saturated rings. The molecule has 0 aliphatic heterocycles. The highest BCUT2D eigenvalue weighted by atomic mass is 32.1. The number of thiazole rings is 1. The summed E-state index contributed by atoms with van der Waals surface area (Å²) in [6.45, 7) is 2.40. The van der Waals surface area contributed by atoms with Crippen molar-refractivity contribution >= 4 is 23.3 Å². The first-order valence-corrected chi connectivity index (χ1v) is 7.06. The second kappa shape index (κ2) is 6.86. The van der Waals surface area contributed by atoms with Crippen molar-refractivity contribution in [2.24, 2.45) is 0 Å². The van der Waals surface area contributed by atoms with Crippen molar-refractivity contribution in [3.05, 3.63) is 52.0 Å². The molecule has 1 aromatic heterocycles. The number of rotatable bonds is 5. The normalized spacial score (nSPS) is 10.7. The fraction of sp³-hybridized carbons (Fsp3) is 0.200. The zero-order valence-electron chi connectivity index (χ0n) is 11.4. The van der Waals surface area contributed by atoms with Crippen LogP contribution in [0.1, 0.15) is 16.3 Å². The van der Waals surface area contributed by atoms with E-state index in [1.807, 2.05) is 36.6 Å². The number of ether oxygens (including phenoxy) is 1. The van der Waals surface area contributed by atoms with E-state index in [0.717, 1.165) is 22.0 Å². The Bertz CT molecular complexity index is 603. The molecule has 104 valence electrons. The van der Waals surface area contributed by atoms with E-state index in [9.17, 15) is 4.79 Å². The summed E-state index contributed by atoms with van der Waals surface area (Å²) in [5.74, 6) is 0.666. The lowest BCUT2D eigenvalue weighted by Crippen LogP contribution is -2.20. The van der Waals surface area contributed by atoms with E-state index in [1.165, 1.54) is 6.08 Å². The number of carbonyl (C=O) groups excluding carboxylic acids is 1. The van der Waals surface area contributed by atoms with E-state index >= 15 is 0 Å². The Balaban J connectivity index is 1.85. The minimum absolute atomic E-state index is 0.131. The van der Waals surface area contributed by atoms with Crippen LogP contribution in [-0.4, -0.2) is 18.0 Å². The number of hydrogen-bond acceptors (Lipinski definition) is 4. The minimum Gasteiger partial charge on any atom is -0.497 e. The number of nitrogens with zero attached hydrogens (tertiary/aromatic N) is 1. The summed E-state index contributed by atoms with van der Waals surface area (Å²) in [6.07, 6.45) is 3.28. The van der Waals surface area contributed by atoms with E-state index in [0.29, 0.717) is 6.54 Å². The summed E-state index contributed by atoms with van der Waals surface area (Å²) in [7, 11) is 1.62. The number of hydrogen-bond donors (Lipinski definition) is 1. The van der Waals surface area contributed by atoms with Crippen molar-refractivity contribution in [1.82, 2.24) is 10.3 Å². The number of methoxy groups -OCH3 is 1. The lowest BCUT2D eigenvalue weighted by atomic mass is 10.2. The van der Waals surface area contributed by atoms with Crippen molar-refractivity contribution in [3.63, 3.8) is 0 Å². The van der Waals surface area contributed by atoms with Gasteiger partial charge in [0.1, 0.15) is 10.8 Å². The van der Waals surface area contributed by atoms with Crippen molar-refractivity contribution in [2.75, 3.05) is 7.11 Å². The zero-order chi connectivity index (χ0) is 14.4. The number of benzene rings is 1. The van der Waals surface area contributed by atoms with Gasteiger partial charge in [0.2, 0.25) is 5.91 Å². The molecule has 0 atom stereocenters. The van der Waals surface area contributed by atoms with Gasteiger partial charge in [0.15, 0.2) is 0 Å². The van der Waals surface area contributed by atoms with E-state index < -0.39 is 0 Å². The molecule has 0 aliphatic rings. The molecular weight excluding hydrogens is 272 g/mol. The van der Waals surface area contributed by atoms with Gasteiger partial charge in [-0.3, -0.25) is 4.79 Å². The third-order valence-corrected chi connectivity index (χ3v) is 3.59. The van der Waals surface area contributed by atoms with Crippen LogP contribution in [0.3, 0.4) is 0 Å². The van der Waals surface area contributed by atoms with Gasteiger partial charge < -0.3 is 10.1 Å². The summed E-state index contributed by atoms with van der Waals surface area (Å²) >= 11 is 1.55. The van der Waals surface area contributed by atoms with Crippen molar-refractivity contribution in [1.29, 1.82) is 0 Å². The van der Waals surface area contributed by atoms with Crippen LogP contribution in [0, 0.1) is 6.92 Å². The molecule has 2 aromatic rings. The monoisotopic (exact) mass is 288 g/mol. The number of aromatic nitrogens is 1. The van der Waals surface area contributed by atoms with Crippen LogP contribution in [0.2, 0.25) is 0 Å². The van der Waals surface area contributed by atoms with Gasteiger partial charge in [-0.1, -0.05) is 12.1 Å². The van der Waals surface area contributed by atoms with Crippen LogP contribution in [0.25, 0.3) is 6.08 Å². The quantitative estimate of drug-likeness (QED) is 0.861. The van der Waals surface area contributed by atoms with Crippen LogP contribution < -0.4 is 10.1 Å². The average molecular weight is 288 g/mol. The van der Waals surface area contributed by atoms with E-state index in [4.69, 9.17) is 4.74 Å². The average Bonchev–Trinajstić information content (AvgIpc) is 2.89. The lowest BCUT2D eigenvalue weighted by molar-refractivity contribution is -0.116. The molecule has 0 saturated heterocycles. The standard InChI is InChI=1S/C15H16N2O2S/c1-11-10-20-15(17-11)9-16-14(18)8-5-12-3-6-13(19-2)7-4-12/h3-8,10H,9H2,1-2H3,(H,16,18)/b8-5+.